The summed E-state index contributed by atoms with van der Waals surface area (Å²) in [7, 11) is 0. The monoisotopic (exact) mass is 213 g/mol. The third-order valence-corrected chi connectivity index (χ3v) is 3.03. The van der Waals surface area contributed by atoms with Crippen molar-refractivity contribution in [3.8, 4) is 0 Å². The Labute approximate surface area is 92.5 Å². The molecule has 0 spiro atoms. The summed E-state index contributed by atoms with van der Waals surface area (Å²) in [5, 5.41) is 9.91. The van der Waals surface area contributed by atoms with Crippen LogP contribution in [0.2, 0.25) is 0 Å². The summed E-state index contributed by atoms with van der Waals surface area (Å²) in [5.74, 6) is 0.212. The van der Waals surface area contributed by atoms with Gasteiger partial charge in [0.25, 0.3) is 0 Å². The molecular weight excluding hydrogens is 190 g/mol. The van der Waals surface area contributed by atoms with Crippen molar-refractivity contribution < 1.29 is 9.90 Å². The van der Waals surface area contributed by atoms with Gasteiger partial charge in [-0.25, -0.2) is 0 Å². The smallest absolute Gasteiger partial charge is 0.222 e. The van der Waals surface area contributed by atoms with Crippen LogP contribution in [0.3, 0.4) is 0 Å². The lowest BCUT2D eigenvalue weighted by molar-refractivity contribution is -0.156. The molecule has 1 fully saturated rings. The average molecular weight is 213 g/mol. The number of carbonyl (C=O) groups is 1. The van der Waals surface area contributed by atoms with Crippen LogP contribution in [0.5, 0.6) is 0 Å². The highest BCUT2D eigenvalue weighted by atomic mass is 16.3. The number of nitrogens with zero attached hydrogens (tertiary/aromatic N) is 1. The largest absolute Gasteiger partial charge is 0.386 e. The van der Waals surface area contributed by atoms with Crippen molar-refractivity contribution >= 4 is 5.91 Å². The summed E-state index contributed by atoms with van der Waals surface area (Å²) in [5.41, 5.74) is -0.574. The van der Waals surface area contributed by atoms with E-state index in [-0.39, 0.29) is 5.91 Å². The van der Waals surface area contributed by atoms with Crippen molar-refractivity contribution in [3.05, 3.63) is 0 Å². The molecule has 1 saturated heterocycles. The number of rotatable bonds is 6. The quantitative estimate of drug-likeness (QED) is 0.685. The molecule has 0 atom stereocenters. The third-order valence-electron chi connectivity index (χ3n) is 3.03. The van der Waals surface area contributed by atoms with Gasteiger partial charge in [-0.15, -0.1) is 0 Å². The van der Waals surface area contributed by atoms with Crippen LogP contribution in [0.4, 0.5) is 0 Å². The van der Waals surface area contributed by atoms with E-state index in [0.29, 0.717) is 19.5 Å². The van der Waals surface area contributed by atoms with Crippen LogP contribution in [0.15, 0.2) is 0 Å². The Balaban J connectivity index is 2.17. The second kappa shape index (κ2) is 5.50. The van der Waals surface area contributed by atoms with Crippen molar-refractivity contribution in [1.29, 1.82) is 0 Å². The molecule has 1 heterocycles. The first-order chi connectivity index (χ1) is 7.11. The maximum absolute atomic E-state index is 11.6. The van der Waals surface area contributed by atoms with E-state index in [1.807, 2.05) is 0 Å². The molecule has 3 nitrogen and oxygen atoms in total. The fraction of sp³-hybridized carbons (Fsp3) is 0.917. The summed E-state index contributed by atoms with van der Waals surface area (Å²) in [6.07, 6.45) is 5.69. The lowest BCUT2D eigenvalue weighted by Crippen LogP contribution is -2.63. The molecule has 1 N–H and O–H groups in total. The van der Waals surface area contributed by atoms with Gasteiger partial charge in [0.1, 0.15) is 0 Å². The fourth-order valence-corrected chi connectivity index (χ4v) is 2.15. The molecule has 1 aliphatic heterocycles. The third kappa shape index (κ3) is 3.49. The van der Waals surface area contributed by atoms with E-state index in [2.05, 4.69) is 13.8 Å². The Morgan fingerprint density at radius 3 is 2.47 bits per heavy atom. The first-order valence-corrected chi connectivity index (χ1v) is 6.11. The van der Waals surface area contributed by atoms with Crippen molar-refractivity contribution in [2.75, 3.05) is 13.1 Å². The highest BCUT2D eigenvalue weighted by Gasteiger charge is 2.42. The van der Waals surface area contributed by atoms with Crippen molar-refractivity contribution in [1.82, 2.24) is 4.90 Å². The molecule has 15 heavy (non-hydrogen) atoms. The number of carbonyl (C=O) groups excluding carboxylic acids is 1. The van der Waals surface area contributed by atoms with E-state index >= 15 is 0 Å². The van der Waals surface area contributed by atoms with Crippen molar-refractivity contribution in [2.24, 2.45) is 0 Å². The van der Waals surface area contributed by atoms with Gasteiger partial charge in [0.2, 0.25) is 5.91 Å². The number of likely N-dealkylation sites (tertiary alicyclic amines) is 1. The van der Waals surface area contributed by atoms with Crippen LogP contribution >= 0.6 is 0 Å². The van der Waals surface area contributed by atoms with Crippen LogP contribution in [0.1, 0.15) is 52.4 Å². The molecule has 3 heteroatoms. The van der Waals surface area contributed by atoms with Gasteiger partial charge in [-0.1, -0.05) is 33.1 Å². The maximum atomic E-state index is 11.6. The molecule has 0 radical (unpaired) electrons. The van der Waals surface area contributed by atoms with E-state index in [1.165, 1.54) is 0 Å². The number of unbranched alkanes of at least 4 members (excludes halogenated alkanes) is 2. The predicted octanol–water partition coefficient (Wildman–Crippen LogP) is 1.94. The second-order valence-electron chi connectivity index (χ2n) is 4.68. The number of β-amino-alcohol motifs (C(OH)–C–C–N with tert-alkyl or cyclic N) is 1. The van der Waals surface area contributed by atoms with Crippen LogP contribution in [-0.4, -0.2) is 34.6 Å². The SMILES string of the molecule is CCCCCC(=O)N1CC(O)(CCC)C1. The Kier molecular flexibility index (Phi) is 4.58. The normalized spacial score (nSPS) is 18.7. The number of amides is 1. The standard InChI is InChI=1S/C12H23NO2/c1-3-5-6-7-11(14)13-9-12(15,10-13)8-4-2/h15H,3-10H2,1-2H3. The van der Waals surface area contributed by atoms with Gasteiger partial charge in [-0.05, 0) is 12.8 Å². The zero-order chi connectivity index (χ0) is 11.3. The van der Waals surface area contributed by atoms with E-state index in [0.717, 1.165) is 32.1 Å². The van der Waals surface area contributed by atoms with Gasteiger partial charge in [0, 0.05) is 6.42 Å². The summed E-state index contributed by atoms with van der Waals surface area (Å²) >= 11 is 0. The summed E-state index contributed by atoms with van der Waals surface area (Å²) in [4.78, 5) is 13.4. The molecule has 1 rings (SSSR count). The molecule has 0 aromatic carbocycles. The van der Waals surface area contributed by atoms with Crippen LogP contribution in [0, 0.1) is 0 Å². The van der Waals surface area contributed by atoms with Gasteiger partial charge in [-0.3, -0.25) is 4.79 Å². The van der Waals surface area contributed by atoms with E-state index in [1.54, 1.807) is 4.90 Å². The van der Waals surface area contributed by atoms with Gasteiger partial charge in [-0.2, -0.15) is 0 Å². The Morgan fingerprint density at radius 1 is 1.27 bits per heavy atom. The zero-order valence-corrected chi connectivity index (χ0v) is 9.96. The molecule has 0 unspecified atom stereocenters. The topological polar surface area (TPSA) is 40.5 Å². The highest BCUT2D eigenvalue weighted by molar-refractivity contribution is 5.77. The van der Waals surface area contributed by atoms with Gasteiger partial charge >= 0.3 is 0 Å². The van der Waals surface area contributed by atoms with E-state index in [4.69, 9.17) is 0 Å². The minimum atomic E-state index is -0.574. The van der Waals surface area contributed by atoms with Gasteiger partial charge in [0.15, 0.2) is 0 Å². The van der Waals surface area contributed by atoms with Crippen molar-refractivity contribution in [2.45, 2.75) is 58.0 Å². The van der Waals surface area contributed by atoms with Crippen LogP contribution in [-0.2, 0) is 4.79 Å². The molecular formula is C12H23NO2. The summed E-state index contributed by atoms with van der Waals surface area (Å²) < 4.78 is 0. The summed E-state index contributed by atoms with van der Waals surface area (Å²) in [6, 6.07) is 0. The van der Waals surface area contributed by atoms with Gasteiger partial charge in [0.05, 0.1) is 18.7 Å². The average Bonchev–Trinajstić information content (AvgIpc) is 2.14. The van der Waals surface area contributed by atoms with Crippen LogP contribution in [0.25, 0.3) is 0 Å². The fourth-order valence-electron chi connectivity index (χ4n) is 2.15. The van der Waals surface area contributed by atoms with Crippen molar-refractivity contribution in [3.63, 3.8) is 0 Å². The molecule has 0 saturated carbocycles. The van der Waals surface area contributed by atoms with Crippen LogP contribution < -0.4 is 0 Å². The maximum Gasteiger partial charge on any atom is 0.222 e. The Morgan fingerprint density at radius 2 is 1.93 bits per heavy atom. The van der Waals surface area contributed by atoms with E-state index < -0.39 is 5.60 Å². The number of hydrogen-bond donors (Lipinski definition) is 1. The first kappa shape index (κ1) is 12.5. The highest BCUT2D eigenvalue weighted by Crippen LogP contribution is 2.26. The lowest BCUT2D eigenvalue weighted by atomic mass is 9.89. The first-order valence-electron chi connectivity index (χ1n) is 6.11. The Bertz CT molecular complexity index is 210. The molecule has 0 aliphatic carbocycles. The Hall–Kier alpha value is -0.570. The van der Waals surface area contributed by atoms with Gasteiger partial charge < -0.3 is 10.0 Å². The molecule has 88 valence electrons. The predicted molar refractivity (Wildman–Crippen MR) is 60.6 cm³/mol. The zero-order valence-electron chi connectivity index (χ0n) is 9.96. The molecule has 0 aromatic heterocycles. The van der Waals surface area contributed by atoms with E-state index in [9.17, 15) is 9.90 Å². The molecule has 1 aliphatic rings. The minimum Gasteiger partial charge on any atom is -0.386 e. The number of aliphatic hydroxyl groups is 1. The summed E-state index contributed by atoms with van der Waals surface area (Å²) in [6.45, 7) is 5.29. The molecule has 0 aromatic rings. The minimum absolute atomic E-state index is 0.212. The molecule has 0 bridgehead atoms. The number of hydrogen-bond acceptors (Lipinski definition) is 2. The second-order valence-corrected chi connectivity index (χ2v) is 4.68. The molecule has 1 amide bonds. The lowest BCUT2D eigenvalue weighted by Gasteiger charge is -2.46.